The first-order valence-electron chi connectivity index (χ1n) is 20.4. The van der Waals surface area contributed by atoms with Crippen LogP contribution < -0.4 is 0 Å². The Labute approximate surface area is 369 Å². The van der Waals surface area contributed by atoms with E-state index < -0.39 is 11.9 Å². The van der Waals surface area contributed by atoms with Gasteiger partial charge >= 0.3 is 11.9 Å². The molecular weight excluding hydrogens is 795 g/mol. The van der Waals surface area contributed by atoms with Crippen LogP contribution >= 0.6 is 0 Å². The van der Waals surface area contributed by atoms with Gasteiger partial charge in [0, 0.05) is 86.2 Å². The van der Waals surface area contributed by atoms with Crippen molar-refractivity contribution in [1.82, 2.24) is 34.9 Å². The summed E-state index contributed by atoms with van der Waals surface area (Å²) in [5, 5.41) is 19.2. The van der Waals surface area contributed by atoms with Crippen molar-refractivity contribution in [2.24, 2.45) is 0 Å². The Kier molecular flexibility index (Phi) is 16.5. The van der Waals surface area contributed by atoms with Crippen molar-refractivity contribution in [3.8, 4) is 0 Å². The van der Waals surface area contributed by atoms with E-state index in [4.69, 9.17) is 14.9 Å². The molecule has 0 amide bonds. The van der Waals surface area contributed by atoms with E-state index in [1.807, 2.05) is 42.5 Å². The summed E-state index contributed by atoms with van der Waals surface area (Å²) in [5.74, 6) is -1.35. The number of ether oxygens (including phenoxy) is 1. The lowest BCUT2D eigenvalue weighted by Crippen LogP contribution is -2.13. The van der Waals surface area contributed by atoms with Crippen molar-refractivity contribution in [3.05, 3.63) is 160 Å². The smallest absolute Gasteiger partial charge is 0.340 e. The quantitative estimate of drug-likeness (QED) is 0.119. The van der Waals surface area contributed by atoms with Crippen LogP contribution in [-0.4, -0.2) is 63.3 Å². The van der Waals surface area contributed by atoms with Gasteiger partial charge in [-0.2, -0.15) is 0 Å². The predicted octanol–water partition coefficient (Wildman–Crippen LogP) is 9.69. The Hall–Kier alpha value is -6.86. The number of carbonyl (C=O) groups is 3. The zero-order valence-electron chi connectivity index (χ0n) is 38.0. The van der Waals surface area contributed by atoms with Gasteiger partial charge in [0.2, 0.25) is 0 Å². The van der Waals surface area contributed by atoms with E-state index in [0.29, 0.717) is 33.8 Å². The van der Waals surface area contributed by atoms with Crippen LogP contribution in [-0.2, 0) is 34.2 Å². The molecule has 7 heterocycles. The third-order valence-electron chi connectivity index (χ3n) is 9.44. The van der Waals surface area contributed by atoms with Gasteiger partial charge in [0.15, 0.2) is 17.6 Å². The van der Waals surface area contributed by atoms with Crippen LogP contribution in [0.1, 0.15) is 133 Å². The molecular formula is C50H57N7O6. The molecule has 328 valence electrons. The predicted molar refractivity (Wildman–Crippen MR) is 245 cm³/mol. The fraction of sp³-hybridized carbons (Fsp3) is 0.320. The fourth-order valence-corrected chi connectivity index (χ4v) is 5.67. The third-order valence-corrected chi connectivity index (χ3v) is 9.44. The summed E-state index contributed by atoms with van der Waals surface area (Å²) in [7, 11) is 0. The number of hydrogen-bond acceptors (Lipinski definition) is 12. The molecule has 0 atom stereocenters. The number of esters is 1. The number of nitrogens with zero attached hydrogens (tertiary/aromatic N) is 7. The maximum absolute atomic E-state index is 12.4. The molecule has 0 aliphatic heterocycles. The normalized spacial score (nSPS) is 11.2. The van der Waals surface area contributed by atoms with Crippen LogP contribution in [0.3, 0.4) is 0 Å². The maximum atomic E-state index is 12.4. The molecule has 0 radical (unpaired) electrons. The largest absolute Gasteiger partial charge is 0.478 e. The first kappa shape index (κ1) is 48.8. The van der Waals surface area contributed by atoms with E-state index in [1.165, 1.54) is 0 Å². The van der Waals surface area contributed by atoms with E-state index >= 15 is 0 Å². The van der Waals surface area contributed by atoms with Gasteiger partial charge < -0.3 is 14.9 Å². The highest BCUT2D eigenvalue weighted by molar-refractivity contribution is 5.94. The number of carboxylic acid groups (broad SMARTS) is 1. The first-order valence-corrected chi connectivity index (χ1v) is 20.4. The minimum atomic E-state index is -0.958. The topological polar surface area (TPSA) is 191 Å². The van der Waals surface area contributed by atoms with E-state index in [1.54, 1.807) is 75.2 Å². The van der Waals surface area contributed by atoms with Crippen LogP contribution in [0, 0.1) is 13.8 Å². The van der Waals surface area contributed by atoms with Crippen molar-refractivity contribution in [2.45, 2.75) is 106 Å². The number of carbonyl (C=O) groups excluding carboxylic acids is 2. The summed E-state index contributed by atoms with van der Waals surface area (Å²) in [4.78, 5) is 63.1. The number of aliphatic hydroxyl groups is 1. The molecule has 0 unspecified atom stereocenters. The van der Waals surface area contributed by atoms with Crippen molar-refractivity contribution in [3.63, 3.8) is 0 Å². The number of aldehydes is 1. The van der Waals surface area contributed by atoms with Gasteiger partial charge in [0.25, 0.3) is 0 Å². The molecule has 0 aliphatic rings. The van der Waals surface area contributed by atoms with Gasteiger partial charge in [-0.1, -0.05) is 74.4 Å². The van der Waals surface area contributed by atoms with E-state index in [0.717, 1.165) is 45.3 Å². The zero-order valence-corrected chi connectivity index (χ0v) is 38.0. The standard InChI is InChI=1S/C20H21N3O2.C10H8N2O2.C10H15NO.C10H13NO/c1-13-16(10-15-6-5-9-21-18(15)23-13)19(24)25-12-14-7-8-17(22-11-14)20(2,3)4;1-6-8(10(13)14)5-7-3-2-4-11-9(7)12-6;2*1-10(2,3)9-5-4-8(7-12)6-11-9/h5-11H,12H2,1-4H3;2-5H,1H3,(H,13,14);4-6,12H,7H2,1-3H3;4-7H,1-3H3. The summed E-state index contributed by atoms with van der Waals surface area (Å²) in [6.07, 6.45) is 9.20. The lowest BCUT2D eigenvalue weighted by atomic mass is 9.91. The average molecular weight is 852 g/mol. The molecule has 7 rings (SSSR count). The molecule has 7 aromatic heterocycles. The van der Waals surface area contributed by atoms with E-state index in [9.17, 15) is 14.4 Å². The molecule has 63 heavy (non-hydrogen) atoms. The zero-order chi connectivity index (χ0) is 46.5. The Morgan fingerprint density at radius 3 is 1.44 bits per heavy atom. The highest BCUT2D eigenvalue weighted by Gasteiger charge is 2.18. The van der Waals surface area contributed by atoms with Crippen molar-refractivity contribution < 1.29 is 29.3 Å². The molecule has 0 bridgehead atoms. The maximum Gasteiger partial charge on any atom is 0.340 e. The molecule has 0 aliphatic carbocycles. The van der Waals surface area contributed by atoms with Gasteiger partial charge in [0.1, 0.15) is 6.61 Å². The van der Waals surface area contributed by atoms with Gasteiger partial charge in [-0.15, -0.1) is 0 Å². The second-order valence-corrected chi connectivity index (χ2v) is 17.8. The highest BCUT2D eigenvalue weighted by atomic mass is 16.5. The molecule has 0 saturated carbocycles. The van der Waals surface area contributed by atoms with Crippen LogP contribution in [0.25, 0.3) is 22.1 Å². The number of pyridine rings is 7. The van der Waals surface area contributed by atoms with Crippen molar-refractivity contribution in [2.75, 3.05) is 0 Å². The third kappa shape index (κ3) is 14.4. The fourth-order valence-electron chi connectivity index (χ4n) is 5.67. The Bertz CT molecular complexity index is 2630. The molecule has 0 spiro atoms. The SMILES string of the molecule is CC(C)(C)c1ccc(C=O)cn1.CC(C)(C)c1ccc(CO)cn1.Cc1nc2ncccc2cc1C(=O)O.Cc1nc2ncccc2cc1C(=O)OCc1ccc(C(C)(C)C)nc1. The number of carboxylic acids is 1. The monoisotopic (exact) mass is 851 g/mol. The Morgan fingerprint density at radius 1 is 0.603 bits per heavy atom. The minimum Gasteiger partial charge on any atom is -0.478 e. The van der Waals surface area contributed by atoms with Gasteiger partial charge in [-0.05, 0) is 80.1 Å². The lowest BCUT2D eigenvalue weighted by Gasteiger charge is -2.17. The number of hydrogen-bond donors (Lipinski definition) is 2. The second-order valence-electron chi connectivity index (χ2n) is 17.8. The second kappa shape index (κ2) is 21.3. The van der Waals surface area contributed by atoms with Crippen molar-refractivity contribution in [1.29, 1.82) is 0 Å². The summed E-state index contributed by atoms with van der Waals surface area (Å²) in [5.41, 5.74) is 8.55. The van der Waals surface area contributed by atoms with Crippen LogP contribution in [0.2, 0.25) is 0 Å². The molecule has 0 fully saturated rings. The number of fused-ring (bicyclic) bond motifs is 2. The number of aromatic nitrogens is 7. The van der Waals surface area contributed by atoms with Crippen molar-refractivity contribution >= 4 is 40.3 Å². The van der Waals surface area contributed by atoms with Crippen LogP contribution in [0.15, 0.2) is 104 Å². The molecule has 0 saturated heterocycles. The van der Waals surface area contributed by atoms with Crippen LogP contribution in [0.5, 0.6) is 0 Å². The number of aromatic carboxylic acids is 1. The summed E-state index contributed by atoms with van der Waals surface area (Å²) < 4.78 is 5.43. The molecule has 13 nitrogen and oxygen atoms in total. The van der Waals surface area contributed by atoms with Gasteiger partial charge in [0.05, 0.1) is 29.1 Å². The minimum absolute atomic E-state index is 0.00286. The average Bonchev–Trinajstić information content (AvgIpc) is 3.25. The molecule has 2 N–H and O–H groups in total. The number of aliphatic hydroxyl groups excluding tert-OH is 1. The Morgan fingerprint density at radius 2 is 1.05 bits per heavy atom. The first-order chi connectivity index (χ1) is 29.6. The Balaban J connectivity index is 0.000000196. The lowest BCUT2D eigenvalue weighted by molar-refractivity contribution is 0.0470. The van der Waals surface area contributed by atoms with Gasteiger partial charge in [-0.25, -0.2) is 29.5 Å². The van der Waals surface area contributed by atoms with E-state index in [-0.39, 0.29) is 35.0 Å². The van der Waals surface area contributed by atoms with Gasteiger partial charge in [-0.3, -0.25) is 19.7 Å². The summed E-state index contributed by atoms with van der Waals surface area (Å²) in [6.45, 7) is 22.7. The summed E-state index contributed by atoms with van der Waals surface area (Å²) in [6, 6.07) is 22.1. The number of rotatable bonds is 6. The highest BCUT2D eigenvalue weighted by Crippen LogP contribution is 2.22. The molecule has 13 heteroatoms. The molecule has 0 aromatic carbocycles. The van der Waals surface area contributed by atoms with E-state index in [2.05, 4.69) is 97.2 Å². The molecule has 7 aromatic rings. The summed E-state index contributed by atoms with van der Waals surface area (Å²) >= 11 is 0. The van der Waals surface area contributed by atoms with Crippen LogP contribution in [0.4, 0.5) is 0 Å². The number of aryl methyl sites for hydroxylation is 2.